The summed E-state index contributed by atoms with van der Waals surface area (Å²) < 4.78 is 57.6. The third-order valence-corrected chi connectivity index (χ3v) is 10.5. The molecule has 2 aliphatic heterocycles. The lowest BCUT2D eigenvalue weighted by molar-refractivity contribution is 0.00343. The maximum absolute atomic E-state index is 15.8. The minimum absolute atomic E-state index is 0.0721. The second kappa shape index (κ2) is 12.5. The maximum atomic E-state index is 15.8. The summed E-state index contributed by atoms with van der Waals surface area (Å²) in [5.41, 5.74) is 3.34. The first kappa shape index (κ1) is 34.0. The molecule has 47 heavy (non-hydrogen) atoms. The van der Waals surface area contributed by atoms with Crippen molar-refractivity contribution >= 4 is 52.8 Å². The number of pyridine rings is 1. The zero-order valence-electron chi connectivity index (χ0n) is 27.0. The number of halogens is 2. The van der Waals surface area contributed by atoms with Gasteiger partial charge in [-0.3, -0.25) is 13.3 Å². The SMILES string of the molecule is C=S(C)(C)(C)CCOCn1c(O[C@@H]2CO[C@H]3[C@@H]2OC[C@H]3O)nc2cc(Cl)c(-c3ccc(-c4ccc(N=S(C)(C)=O)cc4)cc3F)nc21. The third-order valence-electron chi connectivity index (χ3n) is 7.83. The lowest BCUT2D eigenvalue weighted by Gasteiger charge is -2.35. The Morgan fingerprint density at radius 2 is 1.79 bits per heavy atom. The highest BCUT2D eigenvalue weighted by Gasteiger charge is 2.49. The Kier molecular flexibility index (Phi) is 9.05. The van der Waals surface area contributed by atoms with E-state index in [-0.39, 0.29) is 42.2 Å². The summed E-state index contributed by atoms with van der Waals surface area (Å²) in [6.07, 6.45) is 7.47. The van der Waals surface area contributed by atoms with Gasteiger partial charge >= 0.3 is 6.01 Å². The summed E-state index contributed by atoms with van der Waals surface area (Å²) in [5.74, 6) is 4.66. The second-order valence-electron chi connectivity index (χ2n) is 13.7. The minimum atomic E-state index is -2.29. The molecule has 0 unspecified atom stereocenters. The maximum Gasteiger partial charge on any atom is 0.301 e. The van der Waals surface area contributed by atoms with Crippen LogP contribution in [0.2, 0.25) is 5.02 Å². The van der Waals surface area contributed by atoms with Crippen LogP contribution in [0.1, 0.15) is 0 Å². The first-order valence-electron chi connectivity index (χ1n) is 15.0. The number of aliphatic hydroxyl groups is 1. The van der Waals surface area contributed by atoms with Crippen molar-refractivity contribution in [3.63, 3.8) is 0 Å². The summed E-state index contributed by atoms with van der Waals surface area (Å²) in [6, 6.07) is 13.8. The van der Waals surface area contributed by atoms with Crippen LogP contribution in [0.25, 0.3) is 33.5 Å². The zero-order chi connectivity index (χ0) is 33.7. The smallest absolute Gasteiger partial charge is 0.301 e. The van der Waals surface area contributed by atoms with Crippen molar-refractivity contribution < 1.29 is 32.7 Å². The number of aromatic nitrogens is 3. The van der Waals surface area contributed by atoms with Crippen molar-refractivity contribution in [1.82, 2.24) is 14.5 Å². The summed E-state index contributed by atoms with van der Waals surface area (Å²) >= 11 is 6.69. The number of fused-ring (bicyclic) bond motifs is 2. The fourth-order valence-corrected chi connectivity index (χ4v) is 7.07. The zero-order valence-corrected chi connectivity index (χ0v) is 29.4. The molecule has 1 N–H and O–H groups in total. The number of imidazole rings is 1. The molecule has 254 valence electrons. The van der Waals surface area contributed by atoms with Gasteiger partial charge in [0.1, 0.15) is 36.4 Å². The van der Waals surface area contributed by atoms with Crippen LogP contribution < -0.4 is 4.74 Å². The van der Waals surface area contributed by atoms with Gasteiger partial charge in [-0.2, -0.15) is 9.35 Å². The van der Waals surface area contributed by atoms with E-state index in [9.17, 15) is 9.32 Å². The Balaban J connectivity index is 1.32. The molecule has 14 heteroatoms. The standard InChI is InChI=1S/C33H40ClFN4O6S2/c1-46(2,41)38-22-10-7-20(8-11-22)21-9-12-23(25(35)15-21)29-24(34)16-26-32(37-29)39(19-42-13-14-47(3,4,5)6)33(36-26)45-28-18-44-30-27(40)17-43-31(28)30/h7-12,15-16,27-28,30-31,40H,3,13-14,17-19H2,1-2,4-6H3/t27-,28-,30-,31-/m1/s1. The number of aliphatic hydroxyl groups excluding tert-OH is 1. The fraction of sp³-hybridized carbons (Fsp3) is 0.424. The molecule has 2 aromatic carbocycles. The lowest BCUT2D eigenvalue weighted by Crippen LogP contribution is -2.35. The van der Waals surface area contributed by atoms with Crippen LogP contribution in [0, 0.1) is 5.82 Å². The van der Waals surface area contributed by atoms with Crippen LogP contribution in [-0.2, 0) is 30.7 Å². The number of hydrogen-bond donors (Lipinski definition) is 1. The predicted octanol–water partition coefficient (Wildman–Crippen LogP) is 5.46. The van der Waals surface area contributed by atoms with Crippen LogP contribution in [-0.4, -0.2) is 111 Å². The highest BCUT2D eigenvalue weighted by Crippen LogP contribution is 2.44. The number of benzene rings is 2. The van der Waals surface area contributed by atoms with Crippen molar-refractivity contribution in [2.75, 3.05) is 56.9 Å². The summed E-state index contributed by atoms with van der Waals surface area (Å²) in [6.45, 7) is 0.923. The minimum Gasteiger partial charge on any atom is -0.456 e. The van der Waals surface area contributed by atoms with E-state index in [4.69, 9.17) is 35.5 Å². The van der Waals surface area contributed by atoms with E-state index in [2.05, 4.69) is 34.0 Å². The molecule has 0 amide bonds. The molecular weight excluding hydrogens is 667 g/mol. The third kappa shape index (κ3) is 7.88. The molecule has 0 radical (unpaired) electrons. The van der Waals surface area contributed by atoms with Crippen molar-refractivity contribution in [2.24, 2.45) is 4.36 Å². The van der Waals surface area contributed by atoms with E-state index in [1.54, 1.807) is 47.4 Å². The highest BCUT2D eigenvalue weighted by atomic mass is 35.5. The van der Waals surface area contributed by atoms with Crippen molar-refractivity contribution in [2.45, 2.75) is 31.1 Å². The Bertz CT molecular complexity index is 2000. The van der Waals surface area contributed by atoms with Crippen LogP contribution in [0.5, 0.6) is 6.01 Å². The molecular formula is C33H40ClFN4O6S2. The predicted molar refractivity (Wildman–Crippen MR) is 189 cm³/mol. The highest BCUT2D eigenvalue weighted by molar-refractivity contribution is 8.45. The fourth-order valence-electron chi connectivity index (χ4n) is 5.46. The average molecular weight is 707 g/mol. The van der Waals surface area contributed by atoms with E-state index in [1.807, 2.05) is 12.1 Å². The van der Waals surface area contributed by atoms with Crippen LogP contribution in [0.15, 0.2) is 52.9 Å². The molecule has 0 saturated carbocycles. The van der Waals surface area contributed by atoms with Gasteiger partial charge in [-0.25, -0.2) is 13.6 Å². The Hall–Kier alpha value is -2.91. The normalized spacial score (nSPS) is 22.3. The monoisotopic (exact) mass is 706 g/mol. The lowest BCUT2D eigenvalue weighted by atomic mass is 10.0. The number of ether oxygens (including phenoxy) is 4. The molecule has 0 aliphatic carbocycles. The number of hydrogen-bond acceptors (Lipinski definition) is 9. The molecule has 6 rings (SSSR count). The number of rotatable bonds is 10. The Morgan fingerprint density at radius 3 is 2.47 bits per heavy atom. The van der Waals surface area contributed by atoms with Gasteiger partial charge in [0.15, 0.2) is 11.8 Å². The summed E-state index contributed by atoms with van der Waals surface area (Å²) in [4.78, 5) is 9.46. The van der Waals surface area contributed by atoms with Gasteiger partial charge in [0.05, 0.1) is 36.2 Å². The Morgan fingerprint density at radius 1 is 1.09 bits per heavy atom. The van der Waals surface area contributed by atoms with E-state index in [1.165, 1.54) is 6.07 Å². The van der Waals surface area contributed by atoms with Crippen molar-refractivity contribution in [3.05, 3.63) is 59.4 Å². The molecule has 10 nitrogen and oxygen atoms in total. The van der Waals surface area contributed by atoms with E-state index >= 15 is 4.39 Å². The van der Waals surface area contributed by atoms with Gasteiger partial charge in [-0.15, -0.1) is 0 Å². The van der Waals surface area contributed by atoms with Gasteiger partial charge in [-0.1, -0.05) is 35.7 Å². The van der Waals surface area contributed by atoms with Gasteiger partial charge < -0.3 is 24.1 Å². The average Bonchev–Trinajstić information content (AvgIpc) is 3.64. The first-order valence-corrected chi connectivity index (χ1v) is 21.3. The summed E-state index contributed by atoms with van der Waals surface area (Å²) in [5, 5.41) is 10.4. The van der Waals surface area contributed by atoms with Gasteiger partial charge in [-0.05, 0) is 66.0 Å². The van der Waals surface area contributed by atoms with Gasteiger partial charge in [0.25, 0.3) is 0 Å². The molecule has 0 bridgehead atoms. The van der Waals surface area contributed by atoms with Crippen LogP contribution in [0.4, 0.5) is 10.1 Å². The quantitative estimate of drug-likeness (QED) is 0.171. The van der Waals surface area contributed by atoms with E-state index in [0.29, 0.717) is 29.0 Å². The molecule has 4 aromatic rings. The van der Waals surface area contributed by atoms with Crippen molar-refractivity contribution in [3.8, 4) is 28.4 Å². The van der Waals surface area contributed by atoms with Crippen LogP contribution >= 0.6 is 20.4 Å². The largest absolute Gasteiger partial charge is 0.456 e. The van der Waals surface area contributed by atoms with E-state index < -0.39 is 48.7 Å². The van der Waals surface area contributed by atoms with Gasteiger partial charge in [0.2, 0.25) is 0 Å². The van der Waals surface area contributed by atoms with E-state index in [0.717, 1.165) is 11.3 Å². The van der Waals surface area contributed by atoms with Crippen molar-refractivity contribution in [1.29, 1.82) is 0 Å². The molecule has 2 saturated heterocycles. The molecule has 2 fully saturated rings. The first-order chi connectivity index (χ1) is 22.0. The van der Waals surface area contributed by atoms with Crippen LogP contribution in [0.3, 0.4) is 0 Å². The molecule has 2 aromatic heterocycles. The summed E-state index contributed by atoms with van der Waals surface area (Å²) in [7, 11) is -4.10. The molecule has 0 spiro atoms. The topological polar surface area (TPSA) is 117 Å². The second-order valence-corrected chi connectivity index (χ2v) is 23.4. The molecule has 4 heterocycles. The molecule has 4 atom stereocenters. The molecule has 2 aliphatic rings. The Labute approximate surface area is 279 Å². The van der Waals surface area contributed by atoms with Gasteiger partial charge in [0, 0.05) is 27.8 Å². The number of nitrogens with zero attached hydrogens (tertiary/aromatic N) is 4.